The number of carbonyl (C=O) groups excluding carboxylic acids is 8. The van der Waals surface area contributed by atoms with Crippen molar-refractivity contribution < 1.29 is 81.2 Å². The van der Waals surface area contributed by atoms with Gasteiger partial charge in [-0.3, -0.25) is 34.2 Å². The van der Waals surface area contributed by atoms with E-state index in [1.807, 2.05) is 60.7 Å². The number of cyclic esters (lactones) is 1. The molecule has 3 aromatic carbocycles. The summed E-state index contributed by atoms with van der Waals surface area (Å²) in [6, 6.07) is 17.4. The van der Waals surface area contributed by atoms with Crippen LogP contribution in [0.4, 0.5) is 9.93 Å². The number of hydrogen-bond acceptors (Lipinski definition) is 20. The van der Waals surface area contributed by atoms with Gasteiger partial charge in [0, 0.05) is 29.3 Å². The van der Waals surface area contributed by atoms with Crippen LogP contribution in [-0.2, 0) is 63.1 Å². The van der Waals surface area contributed by atoms with Crippen molar-refractivity contribution in [2.45, 2.75) is 128 Å². The smallest absolute Gasteiger partial charge is 0.413 e. The summed E-state index contributed by atoms with van der Waals surface area (Å²) in [6.45, 7) is 14.0. The molecule has 3 atom stereocenters. The first-order chi connectivity index (χ1) is 36.2. The number of esters is 3. The van der Waals surface area contributed by atoms with E-state index in [0.717, 1.165) is 11.3 Å². The lowest BCUT2D eigenvalue weighted by Gasteiger charge is -2.35. The first-order valence-corrected chi connectivity index (χ1v) is 25.4. The Bertz CT molecular complexity index is 3000. The van der Waals surface area contributed by atoms with E-state index in [1.165, 1.54) is 38.3 Å². The Balaban J connectivity index is 0.984. The summed E-state index contributed by atoms with van der Waals surface area (Å²) in [4.78, 5) is 129. The Morgan fingerprint density at radius 3 is 1.83 bits per heavy atom. The highest BCUT2D eigenvalue weighted by molar-refractivity contribution is 7.14. The van der Waals surface area contributed by atoms with Gasteiger partial charge in [-0.25, -0.2) is 24.2 Å². The molecule has 0 bridgehead atoms. The summed E-state index contributed by atoms with van der Waals surface area (Å²) >= 11 is 0.887. The zero-order chi connectivity index (χ0) is 55.5. The highest BCUT2D eigenvalue weighted by Crippen LogP contribution is 2.50. The Hall–Kier alpha value is -7.96. The number of nitrogens with one attached hydrogen (secondary N) is 2. The third kappa shape index (κ3) is 10.6. The highest BCUT2D eigenvalue weighted by atomic mass is 32.1. The second-order valence-corrected chi connectivity index (χ2v) is 22.4. The van der Waals surface area contributed by atoms with E-state index < -0.39 is 112 Å². The molecule has 3 saturated heterocycles. The lowest BCUT2D eigenvalue weighted by atomic mass is 9.94. The molecule has 0 aliphatic carbocycles. The molecule has 3 fully saturated rings. The highest BCUT2D eigenvalue weighted by Gasteiger charge is 2.66. The van der Waals surface area contributed by atoms with Gasteiger partial charge in [0.25, 0.3) is 23.6 Å². The van der Waals surface area contributed by atoms with Crippen LogP contribution in [-0.4, -0.2) is 128 Å². The number of imide groups is 1. The Morgan fingerprint density at radius 1 is 0.740 bits per heavy atom. The molecule has 2 N–H and O–H groups in total. The Kier molecular flexibility index (Phi) is 13.9. The van der Waals surface area contributed by atoms with E-state index in [9.17, 15) is 38.4 Å². The number of rotatable bonds is 12. The average Bonchev–Trinajstić information content (AvgIpc) is 4.22. The summed E-state index contributed by atoms with van der Waals surface area (Å²) < 4.78 is 41.0. The lowest BCUT2D eigenvalue weighted by Crippen LogP contribution is -2.59. The largest absolute Gasteiger partial charge is 0.457 e. The van der Waals surface area contributed by atoms with Gasteiger partial charge in [-0.05, 0) is 74.4 Å². The minimum atomic E-state index is -2.76. The molecule has 1 unspecified atom stereocenters. The van der Waals surface area contributed by atoms with Gasteiger partial charge < -0.3 is 43.3 Å². The van der Waals surface area contributed by atoms with Crippen molar-refractivity contribution in [1.82, 2.24) is 20.3 Å². The number of amides is 5. The van der Waals surface area contributed by atoms with E-state index in [2.05, 4.69) is 20.8 Å². The van der Waals surface area contributed by atoms with Crippen LogP contribution in [0.3, 0.4) is 0 Å². The van der Waals surface area contributed by atoms with Crippen molar-refractivity contribution in [3.8, 4) is 11.5 Å². The van der Waals surface area contributed by atoms with E-state index in [4.69, 9.17) is 42.8 Å². The fraction of sp³-hybridized carbons (Fsp3) is 0.434. The molecule has 0 spiro atoms. The van der Waals surface area contributed by atoms with Gasteiger partial charge in [-0.1, -0.05) is 65.8 Å². The molecule has 23 nitrogen and oxygen atoms in total. The van der Waals surface area contributed by atoms with Crippen molar-refractivity contribution in [2.75, 3.05) is 25.1 Å². The van der Waals surface area contributed by atoms with E-state index in [-0.39, 0.29) is 59.5 Å². The lowest BCUT2D eigenvalue weighted by molar-refractivity contribution is -0.263. The van der Waals surface area contributed by atoms with Gasteiger partial charge in [-0.2, -0.15) is 5.06 Å². The summed E-state index contributed by atoms with van der Waals surface area (Å²) in [5.74, 6) is -8.72. The van der Waals surface area contributed by atoms with E-state index in [1.54, 1.807) is 41.5 Å². The number of carbonyl (C=O) groups is 8. The van der Waals surface area contributed by atoms with Gasteiger partial charge in [0.1, 0.15) is 41.2 Å². The molecule has 77 heavy (non-hydrogen) atoms. The monoisotopic (exact) mass is 1080 g/mol. The van der Waals surface area contributed by atoms with Crippen LogP contribution in [0.2, 0.25) is 0 Å². The zero-order valence-electron chi connectivity index (χ0n) is 43.5. The molecule has 1 aromatic heterocycles. The standard InChI is InChI=1S/C53H56N6O17S/c1-48(2,3)73-44(65)51(20-22-68-23-21-51)76-57-38(34-28-77-46(55-34)56-47(67)75-50(7,8)9)39(60)54-33-27-69-59(42(33)63)52(45(66)74-49(4,5)6)26-35(43(64)72-52)58-40(61)31-24-36-37(25-32(31)41(58)62)71-53(70-36,29-16-12-10-13-17-29)30-18-14-11-15-19-30/h10-19,24-25,28,33,35H,20-23,26-27H2,1-9H3,(H,54,60)(H,55,56,67)/b57-38-/t33-,35-,52?/m0/s1. The number of ether oxygens (including phenoxy) is 7. The number of hydrogen-bond donors (Lipinski definition) is 2. The number of aromatic nitrogens is 1. The first-order valence-electron chi connectivity index (χ1n) is 24.5. The number of anilines is 1. The molecular formula is C53H56N6O17S. The number of thiazole rings is 1. The normalized spacial score (nSPS) is 21.8. The summed E-state index contributed by atoms with van der Waals surface area (Å²) in [6.07, 6.45) is -1.75. The Labute approximate surface area is 445 Å². The van der Waals surface area contributed by atoms with Crippen molar-refractivity contribution in [2.24, 2.45) is 5.16 Å². The SMILES string of the molecule is CC(C)(C)OC(=O)Nc1nc(/C(=N/OC2(C(=O)OC(C)(C)C)CCOCC2)C(=O)N[C@H]2CON(C3(C(=O)OC(C)(C)C)C[C@H](N4C(=O)c5cc6c(cc5C4=O)OC(c4ccccc4)(c4ccccc4)O6)C(=O)O3)C2=O)cs1. The van der Waals surface area contributed by atoms with Crippen LogP contribution >= 0.6 is 11.3 Å². The molecule has 4 aromatic rings. The maximum Gasteiger partial charge on any atom is 0.413 e. The number of fused-ring (bicyclic) bond motifs is 2. The molecule has 5 amide bonds. The molecule has 5 aliphatic heterocycles. The maximum atomic E-state index is 14.6. The summed E-state index contributed by atoms with van der Waals surface area (Å²) in [5, 5.41) is 10.9. The molecule has 6 heterocycles. The number of benzene rings is 3. The molecule has 5 aliphatic rings. The number of oxime groups is 1. The van der Waals surface area contributed by atoms with Crippen LogP contribution in [0.15, 0.2) is 83.3 Å². The van der Waals surface area contributed by atoms with Gasteiger partial charge in [0.15, 0.2) is 22.3 Å². The van der Waals surface area contributed by atoms with Gasteiger partial charge in [0.2, 0.25) is 5.60 Å². The molecule has 24 heteroatoms. The van der Waals surface area contributed by atoms with Crippen LogP contribution in [0, 0.1) is 0 Å². The number of nitrogens with zero attached hydrogens (tertiary/aromatic N) is 4. The summed E-state index contributed by atoms with van der Waals surface area (Å²) in [7, 11) is 0. The average molecular weight is 1080 g/mol. The predicted octanol–water partition coefficient (Wildman–Crippen LogP) is 5.68. The fourth-order valence-electron chi connectivity index (χ4n) is 8.88. The third-order valence-corrected chi connectivity index (χ3v) is 13.1. The molecular weight excluding hydrogens is 1020 g/mol. The second-order valence-electron chi connectivity index (χ2n) is 21.6. The molecule has 9 rings (SSSR count). The third-order valence-electron chi connectivity index (χ3n) is 12.3. The van der Waals surface area contributed by atoms with E-state index in [0.29, 0.717) is 21.1 Å². The van der Waals surface area contributed by atoms with Crippen LogP contribution in [0.25, 0.3) is 0 Å². The van der Waals surface area contributed by atoms with Crippen LogP contribution < -0.4 is 20.1 Å². The molecule has 406 valence electrons. The summed E-state index contributed by atoms with van der Waals surface area (Å²) in [5.41, 5.74) is -7.35. The first kappa shape index (κ1) is 53.9. The zero-order valence-corrected chi connectivity index (χ0v) is 44.4. The van der Waals surface area contributed by atoms with Crippen LogP contribution in [0.5, 0.6) is 11.5 Å². The van der Waals surface area contributed by atoms with E-state index >= 15 is 0 Å². The van der Waals surface area contributed by atoms with Crippen molar-refractivity contribution >= 4 is 69.8 Å². The quantitative estimate of drug-likeness (QED) is 0.0567. The van der Waals surface area contributed by atoms with Crippen molar-refractivity contribution in [3.63, 3.8) is 0 Å². The minimum Gasteiger partial charge on any atom is -0.457 e. The molecule has 0 saturated carbocycles. The van der Waals surface area contributed by atoms with Crippen molar-refractivity contribution in [1.29, 1.82) is 0 Å². The molecule has 0 radical (unpaired) electrons. The predicted molar refractivity (Wildman–Crippen MR) is 268 cm³/mol. The van der Waals surface area contributed by atoms with Gasteiger partial charge in [0.05, 0.1) is 30.8 Å². The van der Waals surface area contributed by atoms with Crippen molar-refractivity contribution in [3.05, 3.63) is 106 Å². The Morgan fingerprint density at radius 2 is 1.29 bits per heavy atom. The number of hydroxylamine groups is 2. The van der Waals surface area contributed by atoms with Gasteiger partial charge >= 0.3 is 35.5 Å². The fourth-order valence-corrected chi connectivity index (χ4v) is 9.56. The minimum absolute atomic E-state index is 0.0189. The maximum absolute atomic E-state index is 14.6. The second kappa shape index (κ2) is 19.9. The topological polar surface area (TPSA) is 275 Å². The van der Waals surface area contributed by atoms with Gasteiger partial charge in [-0.15, -0.1) is 11.3 Å². The van der Waals surface area contributed by atoms with Crippen LogP contribution in [0.1, 0.15) is 119 Å².